The second-order valence-electron chi connectivity index (χ2n) is 7.08. The first-order valence-corrected chi connectivity index (χ1v) is 11.4. The van der Waals surface area contributed by atoms with E-state index >= 15 is 0 Å². The number of Topliss-reactive ketones (excluding diaryl/α,β-unsaturated/α-hetero) is 2. The Balaban J connectivity index is 2.04. The molecule has 31 heavy (non-hydrogen) atoms. The maximum atomic E-state index is 13.4. The van der Waals surface area contributed by atoms with Crippen molar-refractivity contribution in [2.45, 2.75) is 23.5 Å². The summed E-state index contributed by atoms with van der Waals surface area (Å²) in [5, 5.41) is -1.13. The summed E-state index contributed by atoms with van der Waals surface area (Å²) in [6.45, 7) is 1.83. The van der Waals surface area contributed by atoms with Crippen LogP contribution in [-0.2, 0) is 9.84 Å². The van der Waals surface area contributed by atoms with Gasteiger partial charge in [-0.3, -0.25) is 9.59 Å². The number of carbonyl (C=O) groups excluding carboxylic acids is 2. The van der Waals surface area contributed by atoms with E-state index in [9.17, 15) is 18.0 Å². The van der Waals surface area contributed by atoms with Gasteiger partial charge in [-0.25, -0.2) is 8.42 Å². The molecule has 0 heterocycles. The summed E-state index contributed by atoms with van der Waals surface area (Å²) < 4.78 is 32.0. The average molecular weight is 457 g/mol. The van der Waals surface area contributed by atoms with Crippen LogP contribution >= 0.6 is 11.6 Å². The summed E-state index contributed by atoms with van der Waals surface area (Å²) in [6, 6.07) is 18.5. The number of carbonyl (C=O) groups is 2. The van der Waals surface area contributed by atoms with Gasteiger partial charge in [0.1, 0.15) is 11.0 Å². The molecule has 160 valence electrons. The van der Waals surface area contributed by atoms with Gasteiger partial charge in [-0.15, -0.1) is 0 Å². The zero-order valence-corrected chi connectivity index (χ0v) is 18.6. The molecular weight excluding hydrogens is 436 g/mol. The minimum Gasteiger partial charge on any atom is -0.497 e. The number of hydrogen-bond acceptors (Lipinski definition) is 5. The molecule has 0 saturated heterocycles. The van der Waals surface area contributed by atoms with Crippen LogP contribution in [0, 0.1) is 6.92 Å². The minimum atomic E-state index is -4.13. The van der Waals surface area contributed by atoms with Gasteiger partial charge >= 0.3 is 0 Å². The fourth-order valence-corrected chi connectivity index (χ4v) is 4.88. The van der Waals surface area contributed by atoms with Crippen LogP contribution in [-0.4, -0.2) is 32.3 Å². The van der Waals surface area contributed by atoms with Crippen molar-refractivity contribution in [1.29, 1.82) is 0 Å². The van der Waals surface area contributed by atoms with Gasteiger partial charge in [0.05, 0.1) is 12.0 Å². The largest absolute Gasteiger partial charge is 0.497 e. The van der Waals surface area contributed by atoms with Gasteiger partial charge in [0.2, 0.25) is 0 Å². The van der Waals surface area contributed by atoms with Gasteiger partial charge in [-0.1, -0.05) is 41.4 Å². The standard InChI is InChI=1S/C24H21ClO5S/c1-16-6-12-21(13-7-16)31(28,29)23(15-22(26)17-8-10-19(25)11-9-17)24(27)18-4-3-5-20(14-18)30-2/h3-14,23H,15H2,1-2H3/t23-/m1/s1. The van der Waals surface area contributed by atoms with E-state index in [2.05, 4.69) is 0 Å². The van der Waals surface area contributed by atoms with Gasteiger partial charge in [0.25, 0.3) is 0 Å². The molecular formula is C24H21ClO5S. The highest BCUT2D eigenvalue weighted by atomic mass is 35.5. The summed E-state index contributed by atoms with van der Waals surface area (Å²) in [4.78, 5) is 26.2. The van der Waals surface area contributed by atoms with Gasteiger partial charge in [0, 0.05) is 22.6 Å². The molecule has 0 aromatic heterocycles. The molecule has 1 atom stereocenters. The van der Waals surface area contributed by atoms with E-state index in [-0.39, 0.29) is 16.0 Å². The number of methoxy groups -OCH3 is 1. The monoisotopic (exact) mass is 456 g/mol. The molecule has 3 aromatic rings. The maximum absolute atomic E-state index is 13.4. The first-order chi connectivity index (χ1) is 14.7. The van der Waals surface area contributed by atoms with Crippen LogP contribution in [0.1, 0.15) is 32.7 Å². The summed E-state index contributed by atoms with van der Waals surface area (Å²) >= 11 is 5.87. The molecule has 3 rings (SSSR count). The molecule has 0 radical (unpaired) electrons. The summed E-state index contributed by atoms with van der Waals surface area (Å²) in [6.07, 6.45) is -0.492. The van der Waals surface area contributed by atoms with Crippen molar-refractivity contribution >= 4 is 33.0 Å². The predicted octanol–water partition coefficient (Wildman–Crippen LogP) is 4.96. The molecule has 0 fully saturated rings. The van der Waals surface area contributed by atoms with Crippen LogP contribution in [0.5, 0.6) is 5.75 Å². The van der Waals surface area contributed by atoms with Gasteiger partial charge in [-0.05, 0) is 55.5 Å². The predicted molar refractivity (Wildman–Crippen MR) is 120 cm³/mol. The normalized spacial score (nSPS) is 12.2. The number of ether oxygens (including phenoxy) is 1. The Morgan fingerprint density at radius 3 is 2.19 bits per heavy atom. The molecule has 0 unspecified atom stereocenters. The molecule has 7 heteroatoms. The quantitative estimate of drug-likeness (QED) is 0.448. The Hall–Kier alpha value is -2.96. The highest BCUT2D eigenvalue weighted by molar-refractivity contribution is 7.92. The number of sulfone groups is 1. The lowest BCUT2D eigenvalue weighted by Gasteiger charge is -2.17. The van der Waals surface area contributed by atoms with Crippen molar-refractivity contribution in [2.75, 3.05) is 7.11 Å². The van der Waals surface area contributed by atoms with Gasteiger partial charge in [0.15, 0.2) is 21.4 Å². The Labute approximate surface area is 186 Å². The third kappa shape index (κ3) is 5.21. The smallest absolute Gasteiger partial charge is 0.189 e. The SMILES string of the molecule is COc1cccc(C(=O)[C@@H](CC(=O)c2ccc(Cl)cc2)S(=O)(=O)c2ccc(C)cc2)c1. The molecule has 0 bridgehead atoms. The highest BCUT2D eigenvalue weighted by Crippen LogP contribution is 2.26. The van der Waals surface area contributed by atoms with Gasteiger partial charge in [-0.2, -0.15) is 0 Å². The van der Waals surface area contributed by atoms with Crippen LogP contribution in [0.15, 0.2) is 77.7 Å². The summed E-state index contributed by atoms with van der Waals surface area (Å²) in [7, 11) is -2.68. The lowest BCUT2D eigenvalue weighted by Crippen LogP contribution is -2.33. The lowest BCUT2D eigenvalue weighted by atomic mass is 10.0. The lowest BCUT2D eigenvalue weighted by molar-refractivity contribution is 0.0920. The first-order valence-electron chi connectivity index (χ1n) is 9.50. The van der Waals surface area contributed by atoms with E-state index in [1.54, 1.807) is 36.4 Å². The van der Waals surface area contributed by atoms with E-state index in [1.807, 2.05) is 6.92 Å². The van der Waals surface area contributed by atoms with Crippen LogP contribution in [0.4, 0.5) is 0 Å². The van der Waals surface area contributed by atoms with Crippen molar-refractivity contribution in [3.05, 3.63) is 94.5 Å². The van der Waals surface area contributed by atoms with E-state index in [0.717, 1.165) is 5.56 Å². The molecule has 0 spiro atoms. The minimum absolute atomic E-state index is 0.0109. The Morgan fingerprint density at radius 2 is 1.58 bits per heavy atom. The second-order valence-corrected chi connectivity index (χ2v) is 9.64. The third-order valence-corrected chi connectivity index (χ3v) is 7.22. The number of benzene rings is 3. The molecule has 0 aliphatic carbocycles. The number of halogens is 1. The van der Waals surface area contributed by atoms with E-state index in [0.29, 0.717) is 10.8 Å². The summed E-state index contributed by atoms with van der Waals surface area (Å²) in [5.41, 5.74) is 1.32. The van der Waals surface area contributed by atoms with Crippen molar-refractivity contribution in [3.63, 3.8) is 0 Å². The molecule has 0 aliphatic heterocycles. The fraction of sp³-hybridized carbons (Fsp3) is 0.167. The van der Waals surface area contributed by atoms with Crippen LogP contribution in [0.25, 0.3) is 0 Å². The molecule has 0 aliphatic rings. The van der Waals surface area contributed by atoms with Crippen molar-refractivity contribution in [2.24, 2.45) is 0 Å². The highest BCUT2D eigenvalue weighted by Gasteiger charge is 2.36. The number of ketones is 2. The Kier molecular flexibility index (Phi) is 6.93. The third-order valence-electron chi connectivity index (χ3n) is 4.91. The van der Waals surface area contributed by atoms with Crippen molar-refractivity contribution in [1.82, 2.24) is 0 Å². The number of hydrogen-bond donors (Lipinski definition) is 0. The van der Waals surface area contributed by atoms with Crippen LogP contribution < -0.4 is 4.74 Å². The zero-order chi connectivity index (χ0) is 22.6. The average Bonchev–Trinajstić information content (AvgIpc) is 2.77. The van der Waals surface area contributed by atoms with E-state index < -0.39 is 33.1 Å². The van der Waals surface area contributed by atoms with E-state index in [1.165, 1.54) is 43.5 Å². The van der Waals surface area contributed by atoms with Crippen LogP contribution in [0.3, 0.4) is 0 Å². The molecule has 5 nitrogen and oxygen atoms in total. The van der Waals surface area contributed by atoms with Crippen LogP contribution in [0.2, 0.25) is 5.02 Å². The Bertz CT molecular complexity index is 1200. The topological polar surface area (TPSA) is 77.5 Å². The number of rotatable bonds is 8. The molecule has 0 N–H and O–H groups in total. The van der Waals surface area contributed by atoms with E-state index in [4.69, 9.17) is 16.3 Å². The Morgan fingerprint density at radius 1 is 0.935 bits per heavy atom. The van der Waals surface area contributed by atoms with Crippen molar-refractivity contribution < 1.29 is 22.7 Å². The molecule has 3 aromatic carbocycles. The van der Waals surface area contributed by atoms with Gasteiger partial charge < -0.3 is 4.74 Å². The molecule has 0 saturated carbocycles. The maximum Gasteiger partial charge on any atom is 0.189 e. The molecule has 0 amide bonds. The fourth-order valence-electron chi connectivity index (χ4n) is 3.12. The first kappa shape index (κ1) is 22.7. The second kappa shape index (κ2) is 9.45. The zero-order valence-electron chi connectivity index (χ0n) is 17.0. The summed E-state index contributed by atoms with van der Waals surface area (Å²) in [5.74, 6) is -0.711. The number of aryl methyl sites for hydroxylation is 1. The van der Waals surface area contributed by atoms with Crippen molar-refractivity contribution in [3.8, 4) is 5.75 Å².